The van der Waals surface area contributed by atoms with Gasteiger partial charge in [0.1, 0.15) is 10.3 Å². The number of thiophene rings is 3. The fourth-order valence-electron chi connectivity index (χ4n) is 4.21. The minimum absolute atomic E-state index is 0.147. The number of carbonyl (C=O) groups is 2. The topological polar surface area (TPSA) is 107 Å². The predicted molar refractivity (Wildman–Crippen MR) is 160 cm³/mol. The highest BCUT2D eigenvalue weighted by atomic mass is 32.2. The number of nitrogens with zero attached hydrogens (tertiary/aromatic N) is 2. The van der Waals surface area contributed by atoms with Gasteiger partial charge in [0, 0.05) is 22.8 Å². The molecular formula is C28H31N3O5S4. The Labute approximate surface area is 246 Å². The van der Waals surface area contributed by atoms with E-state index in [1.807, 2.05) is 65.4 Å². The van der Waals surface area contributed by atoms with Crippen LogP contribution in [0.5, 0.6) is 0 Å². The average Bonchev–Trinajstić information content (AvgIpc) is 3.74. The van der Waals surface area contributed by atoms with Gasteiger partial charge < -0.3 is 14.9 Å². The van der Waals surface area contributed by atoms with E-state index in [1.165, 1.54) is 11.0 Å². The molecular weight excluding hydrogens is 587 g/mol. The number of unbranched alkanes of at least 4 members (excludes halogenated alkanes) is 1. The van der Waals surface area contributed by atoms with Crippen LogP contribution in [0.3, 0.4) is 0 Å². The van der Waals surface area contributed by atoms with Crippen molar-refractivity contribution in [1.82, 2.24) is 14.5 Å². The zero-order valence-corrected chi connectivity index (χ0v) is 25.0. The summed E-state index contributed by atoms with van der Waals surface area (Å²) in [6.45, 7) is 1.28. The van der Waals surface area contributed by atoms with Crippen LogP contribution in [-0.2, 0) is 34.5 Å². The average molecular weight is 618 g/mol. The molecule has 0 saturated carbocycles. The molecule has 0 radical (unpaired) electrons. The van der Waals surface area contributed by atoms with Crippen LogP contribution in [0, 0.1) is 0 Å². The summed E-state index contributed by atoms with van der Waals surface area (Å²) in [6.07, 6.45) is 0.175. The van der Waals surface area contributed by atoms with Crippen molar-refractivity contribution in [1.29, 1.82) is 0 Å². The highest BCUT2D eigenvalue weighted by Crippen LogP contribution is 2.22. The van der Waals surface area contributed by atoms with Crippen molar-refractivity contribution >= 4 is 56.0 Å². The van der Waals surface area contributed by atoms with E-state index < -0.39 is 22.2 Å². The Bertz CT molecular complexity index is 1390. The van der Waals surface area contributed by atoms with Gasteiger partial charge in [-0.25, -0.2) is 13.2 Å². The van der Waals surface area contributed by atoms with Crippen LogP contribution in [0.25, 0.3) is 0 Å². The van der Waals surface area contributed by atoms with Crippen LogP contribution in [0.15, 0.2) is 87.1 Å². The van der Waals surface area contributed by atoms with Crippen LogP contribution in [-0.4, -0.2) is 47.9 Å². The standard InChI is InChI=1S/C28H31N3O5S4/c32-27(31(20-23-11-6-16-37-23)21-24-12-7-17-38-24)25(29-40(35,36)26-14-8-18-39-26)13-4-5-15-30(28(33)34)19-22-9-2-1-3-10-22/h1-3,6-12,14,16-18,25,29H,4-5,13,15,19-21H2,(H,33,34). The second-order valence-electron chi connectivity index (χ2n) is 9.14. The van der Waals surface area contributed by atoms with Crippen LogP contribution in [0.4, 0.5) is 4.79 Å². The maximum atomic E-state index is 13.9. The van der Waals surface area contributed by atoms with Gasteiger partial charge in [0.25, 0.3) is 10.0 Å². The van der Waals surface area contributed by atoms with E-state index in [4.69, 9.17) is 0 Å². The fourth-order valence-corrected chi connectivity index (χ4v) is 7.88. The van der Waals surface area contributed by atoms with Crippen LogP contribution < -0.4 is 4.72 Å². The first-order valence-corrected chi connectivity index (χ1v) is 16.9. The summed E-state index contributed by atoms with van der Waals surface area (Å²) in [5.74, 6) is -0.304. The zero-order chi connectivity index (χ0) is 28.4. The minimum atomic E-state index is -3.90. The molecule has 0 aliphatic heterocycles. The van der Waals surface area contributed by atoms with Crippen molar-refractivity contribution < 1.29 is 23.1 Å². The predicted octanol–water partition coefficient (Wildman–Crippen LogP) is 6.10. The van der Waals surface area contributed by atoms with Crippen molar-refractivity contribution in [2.75, 3.05) is 6.54 Å². The summed E-state index contributed by atoms with van der Waals surface area (Å²) in [5.41, 5.74) is 0.888. The van der Waals surface area contributed by atoms with Crippen molar-refractivity contribution in [2.24, 2.45) is 0 Å². The van der Waals surface area contributed by atoms with Crippen molar-refractivity contribution in [3.8, 4) is 0 Å². The number of carbonyl (C=O) groups excluding carboxylic acids is 1. The van der Waals surface area contributed by atoms with E-state index in [1.54, 1.807) is 39.0 Å². The Morgan fingerprint density at radius 1 is 0.775 bits per heavy atom. The summed E-state index contributed by atoms with van der Waals surface area (Å²) in [4.78, 5) is 30.8. The number of hydrogen-bond acceptors (Lipinski definition) is 7. The van der Waals surface area contributed by atoms with Gasteiger partial charge in [-0.1, -0.05) is 48.5 Å². The molecule has 0 saturated heterocycles. The quantitative estimate of drug-likeness (QED) is 0.157. The summed E-state index contributed by atoms with van der Waals surface area (Å²) >= 11 is 4.18. The monoisotopic (exact) mass is 617 g/mol. The van der Waals surface area contributed by atoms with E-state index >= 15 is 0 Å². The van der Waals surface area contributed by atoms with Crippen molar-refractivity contribution in [3.05, 3.63) is 98.2 Å². The van der Waals surface area contributed by atoms with E-state index in [0.29, 0.717) is 25.9 Å². The smallest absolute Gasteiger partial charge is 0.407 e. The molecule has 40 heavy (non-hydrogen) atoms. The number of hydrogen-bond donors (Lipinski definition) is 2. The van der Waals surface area contributed by atoms with Gasteiger partial charge in [-0.3, -0.25) is 4.79 Å². The lowest BCUT2D eigenvalue weighted by Crippen LogP contribution is -2.47. The van der Waals surface area contributed by atoms with E-state index in [2.05, 4.69) is 4.72 Å². The SMILES string of the molecule is O=C(O)N(CCCCC(NS(=O)(=O)c1cccs1)C(=O)N(Cc1cccs1)Cc1cccs1)Cc1ccccc1. The molecule has 212 valence electrons. The first-order chi connectivity index (χ1) is 19.3. The highest BCUT2D eigenvalue weighted by molar-refractivity contribution is 7.91. The number of rotatable bonds is 15. The molecule has 3 heterocycles. The number of carboxylic acid groups (broad SMARTS) is 1. The third-order valence-corrected chi connectivity index (χ3v) is 10.8. The lowest BCUT2D eigenvalue weighted by Gasteiger charge is -2.27. The molecule has 0 fully saturated rings. The van der Waals surface area contributed by atoms with Crippen molar-refractivity contribution in [2.45, 2.75) is 49.1 Å². The van der Waals surface area contributed by atoms with Gasteiger partial charge in [-0.05, 0) is 59.2 Å². The molecule has 0 aliphatic rings. The zero-order valence-electron chi connectivity index (χ0n) is 21.7. The molecule has 2 N–H and O–H groups in total. The summed E-state index contributed by atoms with van der Waals surface area (Å²) < 4.78 is 29.1. The highest BCUT2D eigenvalue weighted by Gasteiger charge is 2.30. The maximum Gasteiger partial charge on any atom is 0.407 e. The largest absolute Gasteiger partial charge is 0.465 e. The molecule has 12 heteroatoms. The molecule has 4 rings (SSSR count). The van der Waals surface area contributed by atoms with Gasteiger partial charge in [-0.15, -0.1) is 34.0 Å². The van der Waals surface area contributed by atoms with Crippen LogP contribution in [0.1, 0.15) is 34.6 Å². The molecule has 0 spiro atoms. The molecule has 0 bridgehead atoms. The lowest BCUT2D eigenvalue weighted by molar-refractivity contribution is -0.134. The minimum Gasteiger partial charge on any atom is -0.465 e. The Morgan fingerprint density at radius 2 is 1.40 bits per heavy atom. The first-order valence-electron chi connectivity index (χ1n) is 12.7. The molecule has 8 nitrogen and oxygen atoms in total. The maximum absolute atomic E-state index is 13.9. The Hall–Kier alpha value is -3.03. The first kappa shape index (κ1) is 29.9. The summed E-state index contributed by atoms with van der Waals surface area (Å²) in [5, 5.41) is 15.3. The van der Waals surface area contributed by atoms with Gasteiger partial charge >= 0.3 is 6.09 Å². The van der Waals surface area contributed by atoms with Gasteiger partial charge in [-0.2, -0.15) is 4.72 Å². The normalized spacial score (nSPS) is 12.2. The summed E-state index contributed by atoms with van der Waals surface area (Å²) in [7, 11) is -3.90. The van der Waals surface area contributed by atoms with Crippen LogP contribution in [0.2, 0.25) is 0 Å². The van der Waals surface area contributed by atoms with Crippen molar-refractivity contribution in [3.63, 3.8) is 0 Å². The number of sulfonamides is 1. The molecule has 0 aliphatic carbocycles. The van der Waals surface area contributed by atoms with Gasteiger partial charge in [0.15, 0.2) is 0 Å². The molecule has 4 aromatic rings. The Morgan fingerprint density at radius 3 is 1.95 bits per heavy atom. The van der Waals surface area contributed by atoms with E-state index in [9.17, 15) is 23.1 Å². The lowest BCUT2D eigenvalue weighted by atomic mass is 10.1. The van der Waals surface area contributed by atoms with E-state index in [0.717, 1.165) is 26.7 Å². The molecule has 1 unspecified atom stereocenters. The molecule has 2 amide bonds. The second-order valence-corrected chi connectivity index (χ2v) is 14.1. The second kappa shape index (κ2) is 14.6. The number of nitrogens with one attached hydrogen (secondary N) is 1. The van der Waals surface area contributed by atoms with Gasteiger partial charge in [0.05, 0.1) is 13.1 Å². The van der Waals surface area contributed by atoms with Crippen LogP contribution >= 0.6 is 34.0 Å². The van der Waals surface area contributed by atoms with E-state index in [-0.39, 0.29) is 29.6 Å². The molecule has 3 aromatic heterocycles. The number of benzene rings is 1. The third kappa shape index (κ3) is 8.73. The molecule has 1 atom stereocenters. The number of amides is 2. The molecule has 1 aromatic carbocycles. The fraction of sp³-hybridized carbons (Fsp3) is 0.286. The Balaban J connectivity index is 1.47. The summed E-state index contributed by atoms with van der Waals surface area (Å²) in [6, 6.07) is 19.3. The van der Waals surface area contributed by atoms with Gasteiger partial charge in [0.2, 0.25) is 5.91 Å². The Kier molecular flexibility index (Phi) is 10.9. The third-order valence-electron chi connectivity index (χ3n) is 6.18.